The van der Waals surface area contributed by atoms with Crippen LogP contribution in [0.2, 0.25) is 0 Å². The summed E-state index contributed by atoms with van der Waals surface area (Å²) >= 11 is 0. The van der Waals surface area contributed by atoms with Gasteiger partial charge in [-0.2, -0.15) is 0 Å². The predicted octanol–water partition coefficient (Wildman–Crippen LogP) is 1.16. The number of H-pyrrole nitrogens is 1. The SMILES string of the molecule is COc1cccc2c(=O)c(CC(=O)O)c[nH]c12. The predicted molar refractivity (Wildman–Crippen MR) is 62.5 cm³/mol. The number of aromatic nitrogens is 1. The molecule has 2 N–H and O–H groups in total. The van der Waals surface area contributed by atoms with Gasteiger partial charge in [0, 0.05) is 17.1 Å². The van der Waals surface area contributed by atoms with E-state index in [2.05, 4.69) is 4.98 Å². The first-order chi connectivity index (χ1) is 8.13. The second-order valence-corrected chi connectivity index (χ2v) is 3.60. The number of ether oxygens (including phenoxy) is 1. The van der Waals surface area contributed by atoms with Crippen molar-refractivity contribution >= 4 is 16.9 Å². The van der Waals surface area contributed by atoms with Gasteiger partial charge in [0.25, 0.3) is 0 Å². The van der Waals surface area contributed by atoms with Crippen LogP contribution in [0.4, 0.5) is 0 Å². The van der Waals surface area contributed by atoms with E-state index in [1.807, 2.05) is 0 Å². The molecule has 0 amide bonds. The van der Waals surface area contributed by atoms with Gasteiger partial charge in [0.15, 0.2) is 5.43 Å². The molecule has 2 aromatic rings. The Morgan fingerprint density at radius 3 is 2.88 bits per heavy atom. The van der Waals surface area contributed by atoms with Gasteiger partial charge >= 0.3 is 5.97 Å². The molecule has 0 fully saturated rings. The highest BCUT2D eigenvalue weighted by atomic mass is 16.5. The smallest absolute Gasteiger partial charge is 0.308 e. The maximum Gasteiger partial charge on any atom is 0.308 e. The summed E-state index contributed by atoms with van der Waals surface area (Å²) in [5.41, 5.74) is 0.535. The van der Waals surface area contributed by atoms with Gasteiger partial charge < -0.3 is 14.8 Å². The quantitative estimate of drug-likeness (QED) is 0.833. The van der Waals surface area contributed by atoms with Crippen LogP contribution in [0.1, 0.15) is 5.56 Å². The summed E-state index contributed by atoms with van der Waals surface area (Å²) in [6, 6.07) is 5.07. The number of aromatic amines is 1. The van der Waals surface area contributed by atoms with Gasteiger partial charge in [-0.1, -0.05) is 6.07 Å². The molecule has 1 aromatic carbocycles. The molecule has 0 radical (unpaired) electrons. The van der Waals surface area contributed by atoms with Crippen molar-refractivity contribution in [3.8, 4) is 5.75 Å². The van der Waals surface area contributed by atoms with Crippen molar-refractivity contribution in [2.24, 2.45) is 0 Å². The largest absolute Gasteiger partial charge is 0.495 e. The standard InChI is InChI=1S/C12H11NO4/c1-17-9-4-2-3-8-11(9)13-6-7(12(8)16)5-10(14)15/h2-4,6H,5H2,1H3,(H,13,16)(H,14,15). The van der Waals surface area contributed by atoms with E-state index >= 15 is 0 Å². The van der Waals surface area contributed by atoms with Crippen LogP contribution < -0.4 is 10.2 Å². The Labute approximate surface area is 96.7 Å². The van der Waals surface area contributed by atoms with Crippen molar-refractivity contribution in [1.29, 1.82) is 0 Å². The van der Waals surface area contributed by atoms with E-state index in [9.17, 15) is 9.59 Å². The lowest BCUT2D eigenvalue weighted by Crippen LogP contribution is -2.14. The Hall–Kier alpha value is -2.30. The number of hydrogen-bond donors (Lipinski definition) is 2. The number of carboxylic acids is 1. The summed E-state index contributed by atoms with van der Waals surface area (Å²) in [6.45, 7) is 0. The fraction of sp³-hybridized carbons (Fsp3) is 0.167. The van der Waals surface area contributed by atoms with Gasteiger partial charge in [0.05, 0.1) is 19.0 Å². The van der Waals surface area contributed by atoms with Crippen LogP contribution >= 0.6 is 0 Å². The molecular weight excluding hydrogens is 222 g/mol. The molecule has 5 nitrogen and oxygen atoms in total. The minimum atomic E-state index is -1.03. The highest BCUT2D eigenvalue weighted by Gasteiger charge is 2.10. The Bertz CT molecular complexity index is 630. The molecule has 0 atom stereocenters. The number of aliphatic carboxylic acids is 1. The lowest BCUT2D eigenvalue weighted by Gasteiger charge is -2.05. The third-order valence-corrected chi connectivity index (χ3v) is 2.51. The minimum absolute atomic E-state index is 0.234. The van der Waals surface area contributed by atoms with Crippen LogP contribution in [0.15, 0.2) is 29.2 Å². The summed E-state index contributed by atoms with van der Waals surface area (Å²) in [5, 5.41) is 9.12. The number of para-hydroxylation sites is 1. The van der Waals surface area contributed by atoms with E-state index in [0.717, 1.165) is 0 Å². The van der Waals surface area contributed by atoms with E-state index in [4.69, 9.17) is 9.84 Å². The van der Waals surface area contributed by atoms with E-state index < -0.39 is 5.97 Å². The van der Waals surface area contributed by atoms with E-state index in [1.54, 1.807) is 18.2 Å². The fourth-order valence-corrected chi connectivity index (χ4v) is 1.73. The number of nitrogens with one attached hydrogen (secondary N) is 1. The summed E-state index contributed by atoms with van der Waals surface area (Å²) < 4.78 is 5.12. The molecular formula is C12H11NO4. The zero-order valence-electron chi connectivity index (χ0n) is 9.19. The molecule has 0 bridgehead atoms. The van der Waals surface area contributed by atoms with E-state index in [1.165, 1.54) is 13.3 Å². The second kappa shape index (κ2) is 4.29. The van der Waals surface area contributed by atoms with Crippen molar-refractivity contribution in [2.75, 3.05) is 7.11 Å². The molecule has 88 valence electrons. The summed E-state index contributed by atoms with van der Waals surface area (Å²) in [4.78, 5) is 25.5. The molecule has 0 aliphatic rings. The highest BCUT2D eigenvalue weighted by molar-refractivity contribution is 5.85. The van der Waals surface area contributed by atoms with Crippen LogP contribution in [0.25, 0.3) is 10.9 Å². The first-order valence-corrected chi connectivity index (χ1v) is 5.02. The van der Waals surface area contributed by atoms with Gasteiger partial charge in [0.2, 0.25) is 0 Å². The topological polar surface area (TPSA) is 79.4 Å². The normalized spacial score (nSPS) is 10.4. The average Bonchev–Trinajstić information content (AvgIpc) is 2.31. The monoisotopic (exact) mass is 233 g/mol. The average molecular weight is 233 g/mol. The molecule has 0 aliphatic carbocycles. The first kappa shape index (κ1) is 11.2. The molecule has 0 saturated heterocycles. The summed E-state index contributed by atoms with van der Waals surface area (Å²) in [5.74, 6) is -0.473. The third kappa shape index (κ3) is 1.99. The number of fused-ring (bicyclic) bond motifs is 1. The molecule has 1 aromatic heterocycles. The van der Waals surface area contributed by atoms with Gasteiger partial charge in [0.1, 0.15) is 5.75 Å². The maximum atomic E-state index is 12.0. The van der Waals surface area contributed by atoms with Gasteiger partial charge in [-0.3, -0.25) is 9.59 Å². The molecule has 17 heavy (non-hydrogen) atoms. The van der Waals surface area contributed by atoms with Crippen LogP contribution in [-0.4, -0.2) is 23.2 Å². The number of pyridine rings is 1. The Balaban J connectivity index is 2.68. The maximum absolute atomic E-state index is 12.0. The molecule has 0 unspecified atom stereocenters. The fourth-order valence-electron chi connectivity index (χ4n) is 1.73. The lowest BCUT2D eigenvalue weighted by atomic mass is 10.1. The molecule has 5 heteroatoms. The van der Waals surface area contributed by atoms with Crippen LogP contribution in [0, 0.1) is 0 Å². The zero-order valence-corrected chi connectivity index (χ0v) is 9.19. The van der Waals surface area contributed by atoms with Crippen molar-refractivity contribution in [2.45, 2.75) is 6.42 Å². The van der Waals surface area contributed by atoms with Crippen molar-refractivity contribution in [3.63, 3.8) is 0 Å². The first-order valence-electron chi connectivity index (χ1n) is 5.02. The van der Waals surface area contributed by atoms with Gasteiger partial charge in [-0.05, 0) is 12.1 Å². The van der Waals surface area contributed by atoms with Gasteiger partial charge in [-0.25, -0.2) is 0 Å². The molecule has 1 heterocycles. The Morgan fingerprint density at radius 2 is 2.24 bits per heavy atom. The number of carbonyl (C=O) groups is 1. The highest BCUT2D eigenvalue weighted by Crippen LogP contribution is 2.20. The number of hydrogen-bond acceptors (Lipinski definition) is 3. The molecule has 0 saturated carbocycles. The van der Waals surface area contributed by atoms with E-state index in [-0.39, 0.29) is 17.4 Å². The van der Waals surface area contributed by atoms with Crippen molar-refractivity contribution in [1.82, 2.24) is 4.98 Å². The second-order valence-electron chi connectivity index (χ2n) is 3.60. The Kier molecular flexibility index (Phi) is 2.82. The molecule has 0 aliphatic heterocycles. The summed E-state index contributed by atoms with van der Waals surface area (Å²) in [7, 11) is 1.51. The third-order valence-electron chi connectivity index (χ3n) is 2.51. The molecule has 2 rings (SSSR count). The van der Waals surface area contributed by atoms with Crippen LogP contribution in [0.3, 0.4) is 0 Å². The number of methoxy groups -OCH3 is 1. The lowest BCUT2D eigenvalue weighted by molar-refractivity contribution is -0.136. The summed E-state index contributed by atoms with van der Waals surface area (Å²) in [6.07, 6.45) is 1.13. The van der Waals surface area contributed by atoms with Crippen molar-refractivity contribution < 1.29 is 14.6 Å². The minimum Gasteiger partial charge on any atom is -0.495 e. The van der Waals surface area contributed by atoms with Crippen LogP contribution in [0.5, 0.6) is 5.75 Å². The van der Waals surface area contributed by atoms with Crippen LogP contribution in [-0.2, 0) is 11.2 Å². The number of benzene rings is 1. The number of rotatable bonds is 3. The molecule has 0 spiro atoms. The number of carboxylic acid groups (broad SMARTS) is 1. The zero-order chi connectivity index (χ0) is 12.4. The van der Waals surface area contributed by atoms with Gasteiger partial charge in [-0.15, -0.1) is 0 Å². The Morgan fingerprint density at radius 1 is 1.47 bits per heavy atom. The van der Waals surface area contributed by atoms with Crippen molar-refractivity contribution in [3.05, 3.63) is 40.2 Å². The van der Waals surface area contributed by atoms with E-state index in [0.29, 0.717) is 16.7 Å².